The molecule has 5 N–H and O–H groups in total. The van der Waals surface area contributed by atoms with Crippen LogP contribution in [0.15, 0.2) is 41.2 Å². The molecule has 29 nitrogen and oxygen atoms in total. The van der Waals surface area contributed by atoms with Crippen molar-refractivity contribution in [1.29, 1.82) is 0 Å². The van der Waals surface area contributed by atoms with Gasteiger partial charge in [-0.1, -0.05) is 30.2 Å². The van der Waals surface area contributed by atoms with Gasteiger partial charge in [0.15, 0.2) is 0 Å². The van der Waals surface area contributed by atoms with Crippen molar-refractivity contribution >= 4 is 80.1 Å². The van der Waals surface area contributed by atoms with Gasteiger partial charge in [0, 0.05) is 30.8 Å². The molecule has 3 aliphatic heterocycles. The number of aliphatic hydroxyl groups is 2. The van der Waals surface area contributed by atoms with Crippen molar-refractivity contribution in [2.75, 3.05) is 18.9 Å². The van der Waals surface area contributed by atoms with Gasteiger partial charge in [-0.05, 0) is 13.0 Å². The fourth-order valence-electron chi connectivity index (χ4n) is 4.51. The first-order chi connectivity index (χ1) is 25.8. The molecule has 0 radical (unpaired) electrons. The molecule has 4 heterocycles. The molecule has 0 spiro atoms. The summed E-state index contributed by atoms with van der Waals surface area (Å²) in [7, 11) is -22.8. The van der Waals surface area contributed by atoms with Crippen LogP contribution in [0.1, 0.15) is 26.0 Å². The van der Waals surface area contributed by atoms with Crippen LogP contribution in [0.4, 0.5) is 5.82 Å². The zero-order chi connectivity index (χ0) is 43.5. The summed E-state index contributed by atoms with van der Waals surface area (Å²) in [4.78, 5) is 116. The lowest BCUT2D eigenvalue weighted by molar-refractivity contribution is -0.340. The van der Waals surface area contributed by atoms with Gasteiger partial charge in [0.2, 0.25) is 0 Å². The first kappa shape index (κ1) is 50.3. The summed E-state index contributed by atoms with van der Waals surface area (Å²) in [5.74, 6) is -0.244. The van der Waals surface area contributed by atoms with Gasteiger partial charge in [0.05, 0.1) is 41.1 Å². The lowest BCUT2D eigenvalue weighted by atomic mass is 10.1. The number of nitrogens with one attached hydrogen (secondary N) is 1. The van der Waals surface area contributed by atoms with Crippen molar-refractivity contribution in [1.82, 2.24) is 19.8 Å². The molecule has 0 bridgehead atoms. The Kier molecular flexibility index (Phi) is 17.0. The van der Waals surface area contributed by atoms with E-state index < -0.39 is 101 Å². The molecular weight excluding hydrogens is 944 g/mol. The Morgan fingerprint density at radius 3 is 1.74 bits per heavy atom. The first-order valence-electron chi connectivity index (χ1n) is 14.7. The van der Waals surface area contributed by atoms with E-state index in [-0.39, 0.29) is 30.4 Å². The van der Waals surface area contributed by atoms with Crippen molar-refractivity contribution in [3.8, 4) is 0 Å². The Morgan fingerprint density at radius 1 is 0.860 bits per heavy atom. The monoisotopic (exact) mass is 971 g/mol. The molecule has 10 atom stereocenters. The number of hydrogen-bond acceptors (Lipinski definition) is 29. The zero-order valence-electron chi connectivity index (χ0n) is 28.0. The molecule has 1 aromatic rings. The highest BCUT2D eigenvalue weighted by Crippen LogP contribution is 2.62. The quantitative estimate of drug-likeness (QED) is 0.112. The Morgan fingerprint density at radius 2 is 1.30 bits per heavy atom. The summed E-state index contributed by atoms with van der Waals surface area (Å²) < 4.78 is 78.9. The second kappa shape index (κ2) is 19.3. The summed E-state index contributed by atoms with van der Waals surface area (Å²) in [6.45, 7) is -7.03. The van der Waals surface area contributed by atoms with E-state index in [0.717, 1.165) is 4.57 Å². The number of ether oxygens (including phenoxy) is 2. The van der Waals surface area contributed by atoms with E-state index in [2.05, 4.69) is 66.8 Å². The standard InChI is InChI=1S/C11H19N2O12P3S.C9H16N3O12P3S/c1-6-4-13(7(2)12-11(6)15)10-3-8(14)9(23-10)5-22-27(19,20)25-28(21,29)24-26(16,17)18;10-7-1-2-12(9(14)11-7)8-3-5(13)6(22-8)4-21-26(18,19)24-27(20,28)23-25(15,16)17/h4,8-10,14H,2-3,5H2,1H3,(H,12,15)(H,19,20)(H,21,29)(H2,16,17,18);1-2,5-6,8,13H,3-4H2,(H,18,19)(H,20,28)(H2,10,11,14)(H2,15,16,17)/p-8. The number of carbonyl (C=O) groups is 1. The third-order valence-electron chi connectivity index (χ3n) is 6.73. The van der Waals surface area contributed by atoms with E-state index in [1.54, 1.807) is 0 Å². The molecule has 10 unspecified atom stereocenters. The molecule has 37 heteroatoms. The van der Waals surface area contributed by atoms with Crippen molar-refractivity contribution in [2.45, 2.75) is 56.6 Å². The number of amides is 1. The van der Waals surface area contributed by atoms with Crippen molar-refractivity contribution < 1.29 is 108 Å². The number of nitrogens with two attached hydrogens (primary N) is 1. The van der Waals surface area contributed by atoms with Gasteiger partial charge in [-0.25, -0.2) is 4.79 Å². The van der Waals surface area contributed by atoms with Gasteiger partial charge >= 0.3 is 5.69 Å². The van der Waals surface area contributed by atoms with Crippen LogP contribution in [0.2, 0.25) is 0 Å². The molecular formula is C20H27N5O24P6S2-8. The SMILES string of the molecule is C=C1NC(=O)C(C)=CN1C1CC(O)C(COP(=O)([O-])OP([O-])(=S)OP(=O)([O-])[O-])O1.Nc1ccn(C2CC(O)C(COP(=O)([O-])OP([O-])(=S)OP(=O)([O-])[O-])O2)c(=O)n1. The van der Waals surface area contributed by atoms with Gasteiger partial charge < -0.3 is 102 Å². The number of rotatable bonds is 16. The fourth-order valence-corrected chi connectivity index (χ4v) is 13.2. The number of nitrogens with zero attached hydrogens (tertiary/aromatic N) is 3. The van der Waals surface area contributed by atoms with Gasteiger partial charge in [-0.3, -0.25) is 27.1 Å². The van der Waals surface area contributed by atoms with Crippen molar-refractivity contribution in [3.05, 3.63) is 46.9 Å². The Balaban J connectivity index is 0.000000306. The molecule has 1 aromatic heterocycles. The molecule has 1 amide bonds. The molecule has 4 rings (SSSR count). The Hall–Kier alpha value is -1.07. The predicted octanol–water partition coefficient (Wildman–Crippen LogP) is -6.39. The number of carbonyl (C=O) groups excluding carboxylic acids is 1. The normalized spacial score (nSPS) is 28.5. The van der Waals surface area contributed by atoms with Crippen LogP contribution in [0, 0.1) is 0 Å². The fraction of sp³-hybridized carbons (Fsp3) is 0.550. The number of aliphatic hydroxyl groups excluding tert-OH is 2. The van der Waals surface area contributed by atoms with Gasteiger partial charge in [-0.2, -0.15) is 4.98 Å². The second-order valence-corrected chi connectivity index (χ2v) is 22.3. The molecule has 2 saturated heterocycles. The van der Waals surface area contributed by atoms with Crippen LogP contribution in [-0.2, 0) is 82.4 Å². The maximum Gasteiger partial charge on any atom is 0.351 e. The van der Waals surface area contributed by atoms with E-state index >= 15 is 0 Å². The van der Waals surface area contributed by atoms with Crippen LogP contribution >= 0.6 is 44.7 Å². The van der Waals surface area contributed by atoms with Crippen LogP contribution < -0.4 is 55.9 Å². The third-order valence-corrected chi connectivity index (χ3v) is 16.5. The summed E-state index contributed by atoms with van der Waals surface area (Å²) >= 11 is 7.97. The van der Waals surface area contributed by atoms with E-state index in [9.17, 15) is 77.2 Å². The minimum Gasteiger partial charge on any atom is -0.790 e. The summed E-state index contributed by atoms with van der Waals surface area (Å²) in [5.41, 5.74) is 4.91. The Bertz CT molecular complexity index is 2060. The molecule has 57 heavy (non-hydrogen) atoms. The zero-order valence-corrected chi connectivity index (χ0v) is 35.0. The van der Waals surface area contributed by atoms with E-state index in [1.807, 2.05) is 0 Å². The number of phosphoric ester groups is 2. The number of aromatic nitrogens is 2. The number of phosphoric acid groups is 4. The number of nitrogen functional groups attached to an aromatic ring is 1. The van der Waals surface area contributed by atoms with E-state index in [1.165, 1.54) is 30.3 Å². The topological polar surface area (TPSA) is 460 Å². The van der Waals surface area contributed by atoms with Gasteiger partial charge in [0.25, 0.3) is 21.6 Å². The van der Waals surface area contributed by atoms with E-state index in [0.29, 0.717) is 5.57 Å². The molecule has 0 aromatic carbocycles. The molecule has 3 aliphatic rings. The predicted molar refractivity (Wildman–Crippen MR) is 175 cm³/mol. The highest BCUT2D eigenvalue weighted by molar-refractivity contribution is 8.09. The highest BCUT2D eigenvalue weighted by atomic mass is 32.5. The summed E-state index contributed by atoms with van der Waals surface area (Å²) in [6, 6.07) is 1.30. The van der Waals surface area contributed by atoms with Crippen LogP contribution in [0.5, 0.6) is 0 Å². The maximum atomic E-state index is 11.8. The van der Waals surface area contributed by atoms with Gasteiger partial charge in [-0.15, -0.1) is 0 Å². The highest BCUT2D eigenvalue weighted by Gasteiger charge is 2.40. The number of anilines is 1. The molecule has 0 aliphatic carbocycles. The minimum atomic E-state index is -5.89. The van der Waals surface area contributed by atoms with E-state index in [4.69, 9.17) is 15.2 Å². The minimum absolute atomic E-state index is 0.0189. The number of hydrogen-bond donors (Lipinski definition) is 4. The maximum absolute atomic E-state index is 11.8. The van der Waals surface area contributed by atoms with Crippen LogP contribution in [-0.4, -0.2) is 74.4 Å². The average molecular weight is 971 g/mol. The molecule has 2 fully saturated rings. The second-order valence-electron chi connectivity index (χ2n) is 11.1. The molecule has 0 saturated carbocycles. The smallest absolute Gasteiger partial charge is 0.351 e. The van der Waals surface area contributed by atoms with Gasteiger partial charge in [0.1, 0.15) is 49.7 Å². The molecule has 326 valence electrons. The summed E-state index contributed by atoms with van der Waals surface area (Å²) in [6.07, 6.45) is -4.31. The lowest BCUT2D eigenvalue weighted by Crippen LogP contribution is -2.42. The Labute approximate surface area is 329 Å². The average Bonchev–Trinajstić information content (AvgIpc) is 3.54. The largest absolute Gasteiger partial charge is 0.790 e. The van der Waals surface area contributed by atoms with Crippen LogP contribution in [0.3, 0.4) is 0 Å². The van der Waals surface area contributed by atoms with Crippen molar-refractivity contribution in [3.63, 3.8) is 0 Å². The van der Waals surface area contributed by atoms with Crippen LogP contribution in [0.25, 0.3) is 0 Å². The van der Waals surface area contributed by atoms with Crippen molar-refractivity contribution in [2.24, 2.45) is 0 Å². The first-order valence-corrected chi connectivity index (χ1v) is 25.6. The third kappa shape index (κ3) is 16.7. The summed E-state index contributed by atoms with van der Waals surface area (Å²) in [5, 5.41) is 22.5. The lowest BCUT2D eigenvalue weighted by Gasteiger charge is -2.40.